The zero-order valence-electron chi connectivity index (χ0n) is 20.0. The number of carbonyl (C=O) groups excluding carboxylic acids is 2. The number of aryl methyl sites for hydroxylation is 1. The minimum atomic E-state index is -0.257. The average molecular weight is 495 g/mol. The molecule has 2 aliphatic rings. The van der Waals surface area contributed by atoms with Crippen LogP contribution in [0.1, 0.15) is 50.3 Å². The van der Waals surface area contributed by atoms with E-state index in [0.717, 1.165) is 36.4 Å². The topological polar surface area (TPSA) is 109 Å². The molecule has 1 aliphatic carbocycles. The highest BCUT2D eigenvalue weighted by atomic mass is 32.1. The van der Waals surface area contributed by atoms with Gasteiger partial charge in [0.1, 0.15) is 17.6 Å². The quantitative estimate of drug-likeness (QED) is 0.545. The molecule has 2 aromatic heterocycles. The number of rotatable bonds is 6. The third-order valence-corrected chi connectivity index (χ3v) is 7.82. The lowest BCUT2D eigenvalue weighted by atomic mass is 9.96. The number of piperidine rings is 1. The summed E-state index contributed by atoms with van der Waals surface area (Å²) >= 11 is 1.30. The van der Waals surface area contributed by atoms with Crippen molar-refractivity contribution in [2.75, 3.05) is 18.0 Å². The average Bonchev–Trinajstić information content (AvgIpc) is 3.46. The Kier molecular flexibility index (Phi) is 6.55. The van der Waals surface area contributed by atoms with Crippen molar-refractivity contribution in [3.05, 3.63) is 52.1 Å². The van der Waals surface area contributed by atoms with E-state index in [1.54, 1.807) is 0 Å². The van der Waals surface area contributed by atoms with Gasteiger partial charge >= 0.3 is 0 Å². The van der Waals surface area contributed by atoms with Crippen molar-refractivity contribution < 1.29 is 9.59 Å². The summed E-state index contributed by atoms with van der Waals surface area (Å²) in [6, 6.07) is 8.24. The molecule has 1 aromatic carbocycles. The van der Waals surface area contributed by atoms with E-state index in [-0.39, 0.29) is 41.9 Å². The SMILES string of the molecule is CC(C)NC(=O)C1CCN(c2nc3ncn(CC(=O)N[C@@H]4CCc5ccccc54)c(=O)c3s2)CC1. The van der Waals surface area contributed by atoms with Crippen molar-refractivity contribution in [2.45, 2.75) is 58.2 Å². The Morgan fingerprint density at radius 3 is 2.71 bits per heavy atom. The number of hydrogen-bond acceptors (Lipinski definition) is 7. The predicted octanol–water partition coefficient (Wildman–Crippen LogP) is 2.40. The van der Waals surface area contributed by atoms with E-state index in [0.29, 0.717) is 23.4 Å². The minimum absolute atomic E-state index is 0.00345. The lowest BCUT2D eigenvalue weighted by Crippen LogP contribution is -2.42. The highest BCUT2D eigenvalue weighted by Crippen LogP contribution is 2.31. The first-order valence-electron chi connectivity index (χ1n) is 12.2. The molecule has 10 heteroatoms. The number of carbonyl (C=O) groups is 2. The molecule has 0 spiro atoms. The molecule has 184 valence electrons. The van der Waals surface area contributed by atoms with Crippen LogP contribution in [0.3, 0.4) is 0 Å². The summed E-state index contributed by atoms with van der Waals surface area (Å²) < 4.78 is 1.80. The molecule has 1 saturated heterocycles. The number of aromatic nitrogens is 3. The fraction of sp³-hybridized carbons (Fsp3) is 0.480. The van der Waals surface area contributed by atoms with E-state index in [9.17, 15) is 14.4 Å². The lowest BCUT2D eigenvalue weighted by Gasteiger charge is -2.31. The van der Waals surface area contributed by atoms with E-state index in [4.69, 9.17) is 0 Å². The number of anilines is 1. The van der Waals surface area contributed by atoms with Crippen LogP contribution in [-0.4, -0.2) is 45.5 Å². The lowest BCUT2D eigenvalue weighted by molar-refractivity contribution is -0.126. The molecule has 0 radical (unpaired) electrons. The maximum atomic E-state index is 13.1. The number of nitrogens with one attached hydrogen (secondary N) is 2. The summed E-state index contributed by atoms with van der Waals surface area (Å²) in [4.78, 5) is 49.1. The number of benzene rings is 1. The summed E-state index contributed by atoms with van der Waals surface area (Å²) in [5.41, 5.74) is 2.56. The monoisotopic (exact) mass is 494 g/mol. The van der Waals surface area contributed by atoms with Crippen LogP contribution in [0, 0.1) is 5.92 Å². The smallest absolute Gasteiger partial charge is 0.273 e. The standard InChI is InChI=1S/C25H30N6O3S/c1-15(2)27-23(33)17-9-11-30(12-10-17)25-29-22-21(35-25)24(34)31(14-26-22)13-20(32)28-19-8-7-16-5-3-4-6-18(16)19/h3-6,14-15,17,19H,7-13H2,1-2H3,(H,27,33)(H,28,32)/t19-/m1/s1. The van der Waals surface area contributed by atoms with Crippen LogP contribution in [0.15, 0.2) is 35.4 Å². The number of nitrogens with zero attached hydrogens (tertiary/aromatic N) is 4. The molecule has 1 fully saturated rings. The van der Waals surface area contributed by atoms with Gasteiger partial charge in [-0.1, -0.05) is 35.6 Å². The molecule has 2 amide bonds. The maximum Gasteiger partial charge on any atom is 0.273 e. The van der Waals surface area contributed by atoms with Crippen molar-refractivity contribution in [2.24, 2.45) is 5.92 Å². The first kappa shape index (κ1) is 23.5. The Balaban J connectivity index is 1.24. The van der Waals surface area contributed by atoms with E-state index >= 15 is 0 Å². The summed E-state index contributed by atoms with van der Waals surface area (Å²) in [6.07, 6.45) is 4.70. The van der Waals surface area contributed by atoms with E-state index in [1.807, 2.05) is 32.0 Å². The zero-order chi connectivity index (χ0) is 24.5. The highest BCUT2D eigenvalue weighted by Gasteiger charge is 2.28. The van der Waals surface area contributed by atoms with Crippen LogP contribution in [0.4, 0.5) is 5.13 Å². The van der Waals surface area contributed by atoms with Crippen LogP contribution in [-0.2, 0) is 22.6 Å². The molecule has 9 nitrogen and oxygen atoms in total. The fourth-order valence-electron chi connectivity index (χ4n) is 4.92. The Morgan fingerprint density at radius 1 is 1.17 bits per heavy atom. The van der Waals surface area contributed by atoms with Gasteiger partial charge in [-0.2, -0.15) is 4.98 Å². The largest absolute Gasteiger partial charge is 0.354 e. The van der Waals surface area contributed by atoms with Gasteiger partial charge in [-0.05, 0) is 50.7 Å². The summed E-state index contributed by atoms with van der Waals surface area (Å²) in [5, 5.41) is 6.78. The molecule has 2 N–H and O–H groups in total. The fourth-order valence-corrected chi connectivity index (χ4v) is 5.94. The first-order chi connectivity index (χ1) is 16.9. The van der Waals surface area contributed by atoms with Crippen LogP contribution in [0.5, 0.6) is 0 Å². The van der Waals surface area contributed by atoms with Gasteiger partial charge in [-0.25, -0.2) is 4.98 Å². The third-order valence-electron chi connectivity index (χ3n) is 6.72. The normalized spacial score (nSPS) is 18.1. The molecule has 3 aromatic rings. The van der Waals surface area contributed by atoms with E-state index < -0.39 is 0 Å². The molecule has 0 saturated carbocycles. The molecule has 0 unspecified atom stereocenters. The van der Waals surface area contributed by atoms with E-state index in [1.165, 1.54) is 27.8 Å². The molecule has 5 rings (SSSR count). The summed E-state index contributed by atoms with van der Waals surface area (Å²) in [7, 11) is 0. The van der Waals surface area contributed by atoms with Gasteiger partial charge in [0.2, 0.25) is 11.8 Å². The Labute approximate surface area is 207 Å². The van der Waals surface area contributed by atoms with Gasteiger partial charge in [-0.15, -0.1) is 0 Å². The van der Waals surface area contributed by atoms with Crippen LogP contribution >= 0.6 is 11.3 Å². The Morgan fingerprint density at radius 2 is 1.94 bits per heavy atom. The van der Waals surface area contributed by atoms with Crippen molar-refractivity contribution in [1.82, 2.24) is 25.2 Å². The van der Waals surface area contributed by atoms with Crippen LogP contribution in [0.25, 0.3) is 10.3 Å². The van der Waals surface area contributed by atoms with Gasteiger partial charge < -0.3 is 15.5 Å². The molecular weight excluding hydrogens is 464 g/mol. The van der Waals surface area contributed by atoms with Gasteiger partial charge in [0.25, 0.3) is 5.56 Å². The highest BCUT2D eigenvalue weighted by molar-refractivity contribution is 7.22. The van der Waals surface area contributed by atoms with Gasteiger partial charge in [0, 0.05) is 25.0 Å². The van der Waals surface area contributed by atoms with E-state index in [2.05, 4.69) is 31.6 Å². The predicted molar refractivity (Wildman–Crippen MR) is 136 cm³/mol. The molecule has 1 atom stereocenters. The molecule has 35 heavy (non-hydrogen) atoms. The minimum Gasteiger partial charge on any atom is -0.354 e. The molecule has 0 bridgehead atoms. The van der Waals surface area contributed by atoms with Crippen molar-refractivity contribution >= 4 is 38.6 Å². The Hall–Kier alpha value is -3.27. The molecular formula is C25H30N6O3S. The number of hydrogen-bond donors (Lipinski definition) is 2. The van der Waals surface area contributed by atoms with Crippen molar-refractivity contribution in [1.29, 1.82) is 0 Å². The second-order valence-electron chi connectivity index (χ2n) is 9.61. The van der Waals surface area contributed by atoms with Gasteiger partial charge in [0.05, 0.1) is 6.04 Å². The maximum absolute atomic E-state index is 13.1. The summed E-state index contributed by atoms with van der Waals surface area (Å²) in [6.45, 7) is 5.26. The second-order valence-corrected chi connectivity index (χ2v) is 10.6. The number of fused-ring (bicyclic) bond motifs is 2. The van der Waals surface area contributed by atoms with Gasteiger partial charge in [0.15, 0.2) is 10.8 Å². The molecule has 3 heterocycles. The number of thiazole rings is 1. The summed E-state index contributed by atoms with van der Waals surface area (Å²) in [5.74, 6) is -0.0990. The second kappa shape index (κ2) is 9.77. The Bertz CT molecular complexity index is 1310. The third kappa shape index (κ3) is 4.93. The first-order valence-corrected chi connectivity index (χ1v) is 13.0. The van der Waals surface area contributed by atoms with Gasteiger partial charge in [-0.3, -0.25) is 19.0 Å². The van der Waals surface area contributed by atoms with Crippen molar-refractivity contribution in [3.8, 4) is 0 Å². The van der Waals surface area contributed by atoms with Crippen molar-refractivity contribution in [3.63, 3.8) is 0 Å². The number of amides is 2. The van der Waals surface area contributed by atoms with Crippen LogP contribution in [0.2, 0.25) is 0 Å². The molecule has 1 aliphatic heterocycles. The van der Waals surface area contributed by atoms with Crippen LogP contribution < -0.4 is 21.1 Å². The zero-order valence-corrected chi connectivity index (χ0v) is 20.8.